The lowest BCUT2D eigenvalue weighted by atomic mass is 10.1. The summed E-state index contributed by atoms with van der Waals surface area (Å²) in [4.78, 5) is 15.0. The van der Waals surface area contributed by atoms with E-state index in [0.29, 0.717) is 5.56 Å². The van der Waals surface area contributed by atoms with E-state index < -0.39 is 0 Å². The monoisotopic (exact) mass is 245 g/mol. The number of nitrogens with zero attached hydrogens (tertiary/aromatic N) is 1. The highest BCUT2D eigenvalue weighted by Gasteiger charge is 1.96. The van der Waals surface area contributed by atoms with Crippen LogP contribution in [-0.2, 0) is 0 Å². The molecular formula is C17H11NO. The fourth-order valence-corrected chi connectivity index (χ4v) is 1.43. The van der Waals surface area contributed by atoms with E-state index in [1.165, 1.54) is 0 Å². The van der Waals surface area contributed by atoms with Crippen LogP contribution in [0.3, 0.4) is 0 Å². The lowest BCUT2D eigenvalue weighted by Gasteiger charge is -1.93. The van der Waals surface area contributed by atoms with E-state index in [9.17, 15) is 4.79 Å². The van der Waals surface area contributed by atoms with Gasteiger partial charge in [-0.1, -0.05) is 24.0 Å². The third-order valence-electron chi connectivity index (χ3n) is 2.45. The van der Waals surface area contributed by atoms with Crippen LogP contribution in [0, 0.1) is 23.7 Å². The lowest BCUT2D eigenvalue weighted by molar-refractivity contribution is 0.101. The zero-order valence-corrected chi connectivity index (χ0v) is 10.5. The maximum atomic E-state index is 11.1. The van der Waals surface area contributed by atoms with E-state index in [1.807, 2.05) is 24.3 Å². The number of carbonyl (C=O) groups is 1. The molecule has 0 amide bonds. The van der Waals surface area contributed by atoms with Crippen LogP contribution in [0.2, 0.25) is 0 Å². The molecule has 1 heterocycles. The van der Waals surface area contributed by atoms with Crippen LogP contribution in [0.5, 0.6) is 0 Å². The first kappa shape index (κ1) is 12.6. The molecule has 90 valence electrons. The molecule has 0 saturated heterocycles. The van der Waals surface area contributed by atoms with Crippen molar-refractivity contribution in [1.82, 2.24) is 4.98 Å². The molecule has 2 rings (SSSR count). The first-order chi connectivity index (χ1) is 9.25. The van der Waals surface area contributed by atoms with Crippen molar-refractivity contribution in [1.29, 1.82) is 0 Å². The number of pyridine rings is 1. The van der Waals surface area contributed by atoms with Crippen LogP contribution in [0.15, 0.2) is 48.8 Å². The predicted molar refractivity (Wildman–Crippen MR) is 74.4 cm³/mol. The molecule has 19 heavy (non-hydrogen) atoms. The first-order valence-corrected chi connectivity index (χ1v) is 5.79. The summed E-state index contributed by atoms with van der Waals surface area (Å²) >= 11 is 0. The molecule has 0 spiro atoms. The normalized spacial score (nSPS) is 8.68. The molecule has 0 aliphatic rings. The summed E-state index contributed by atoms with van der Waals surface area (Å²) in [6, 6.07) is 10.8. The number of hydrogen-bond donors (Lipinski definition) is 0. The van der Waals surface area contributed by atoms with Crippen LogP contribution in [0.4, 0.5) is 0 Å². The number of rotatable bonds is 1. The Hall–Kier alpha value is -2.84. The Labute approximate surface area is 112 Å². The van der Waals surface area contributed by atoms with Gasteiger partial charge in [0.1, 0.15) is 0 Å². The number of ketones is 1. The standard InChI is InChI=1S/C17H11NO/c1-14(19)17-8-6-15(7-9-17)4-2-3-5-16-10-12-18-13-11-16/h6-13H,1H3. The van der Waals surface area contributed by atoms with Crippen LogP contribution in [0.25, 0.3) is 0 Å². The van der Waals surface area contributed by atoms with Crippen LogP contribution >= 0.6 is 0 Å². The van der Waals surface area contributed by atoms with Gasteiger partial charge in [-0.2, -0.15) is 0 Å². The summed E-state index contributed by atoms with van der Waals surface area (Å²) in [6.07, 6.45) is 3.38. The van der Waals surface area contributed by atoms with Crippen molar-refractivity contribution in [3.8, 4) is 23.7 Å². The van der Waals surface area contributed by atoms with Crippen molar-refractivity contribution < 1.29 is 4.79 Å². The van der Waals surface area contributed by atoms with Gasteiger partial charge >= 0.3 is 0 Å². The molecule has 0 aliphatic heterocycles. The van der Waals surface area contributed by atoms with Gasteiger partial charge in [0, 0.05) is 29.1 Å². The van der Waals surface area contributed by atoms with Crippen molar-refractivity contribution in [3.05, 3.63) is 65.5 Å². The minimum absolute atomic E-state index is 0.0528. The molecule has 0 radical (unpaired) electrons. The zero-order valence-electron chi connectivity index (χ0n) is 10.5. The molecule has 1 aromatic carbocycles. The van der Waals surface area contributed by atoms with Crippen molar-refractivity contribution >= 4 is 5.78 Å². The summed E-state index contributed by atoms with van der Waals surface area (Å²) in [5.74, 6) is 11.5. The molecule has 0 aliphatic carbocycles. The summed E-state index contributed by atoms with van der Waals surface area (Å²) in [6.45, 7) is 1.54. The fraction of sp³-hybridized carbons (Fsp3) is 0.0588. The quantitative estimate of drug-likeness (QED) is 0.571. The maximum absolute atomic E-state index is 11.1. The first-order valence-electron chi connectivity index (χ1n) is 5.79. The minimum atomic E-state index is 0.0528. The molecule has 0 unspecified atom stereocenters. The van der Waals surface area contributed by atoms with Crippen LogP contribution in [0.1, 0.15) is 28.4 Å². The Bertz CT molecular complexity index is 692. The van der Waals surface area contributed by atoms with E-state index in [1.54, 1.807) is 31.5 Å². The van der Waals surface area contributed by atoms with Gasteiger partial charge in [-0.25, -0.2) is 0 Å². The molecular weight excluding hydrogens is 234 g/mol. The molecule has 2 nitrogen and oxygen atoms in total. The Morgan fingerprint density at radius 3 is 1.95 bits per heavy atom. The van der Waals surface area contributed by atoms with Gasteiger partial charge in [0.2, 0.25) is 0 Å². The maximum Gasteiger partial charge on any atom is 0.159 e. The van der Waals surface area contributed by atoms with E-state index in [-0.39, 0.29) is 5.78 Å². The Morgan fingerprint density at radius 1 is 0.895 bits per heavy atom. The summed E-state index contributed by atoms with van der Waals surface area (Å²) < 4.78 is 0. The Kier molecular flexibility index (Phi) is 4.11. The summed E-state index contributed by atoms with van der Waals surface area (Å²) in [5, 5.41) is 0. The highest BCUT2D eigenvalue weighted by Crippen LogP contribution is 2.03. The van der Waals surface area contributed by atoms with Crippen molar-refractivity contribution in [2.75, 3.05) is 0 Å². The topological polar surface area (TPSA) is 30.0 Å². The minimum Gasteiger partial charge on any atom is -0.295 e. The predicted octanol–water partition coefficient (Wildman–Crippen LogP) is 2.69. The fourth-order valence-electron chi connectivity index (χ4n) is 1.43. The summed E-state index contributed by atoms with van der Waals surface area (Å²) in [7, 11) is 0. The molecule has 1 aromatic heterocycles. The van der Waals surface area contributed by atoms with Crippen LogP contribution in [-0.4, -0.2) is 10.8 Å². The van der Waals surface area contributed by atoms with Crippen molar-refractivity contribution in [2.24, 2.45) is 0 Å². The highest BCUT2D eigenvalue weighted by atomic mass is 16.1. The second-order valence-corrected chi connectivity index (χ2v) is 3.87. The van der Waals surface area contributed by atoms with Crippen molar-refractivity contribution in [3.63, 3.8) is 0 Å². The number of benzene rings is 1. The molecule has 0 saturated carbocycles. The number of Topliss-reactive ketones (excluding diaryl/α,β-unsaturated/α-hetero) is 1. The van der Waals surface area contributed by atoms with E-state index >= 15 is 0 Å². The average Bonchev–Trinajstić information content (AvgIpc) is 2.45. The largest absolute Gasteiger partial charge is 0.295 e. The zero-order chi connectivity index (χ0) is 13.5. The number of carbonyl (C=O) groups excluding carboxylic acids is 1. The SMILES string of the molecule is CC(=O)c1ccc(C#CC#Cc2ccncc2)cc1. The smallest absolute Gasteiger partial charge is 0.159 e. The van der Waals surface area contributed by atoms with Gasteiger partial charge in [-0.05, 0) is 43.0 Å². The van der Waals surface area contributed by atoms with Crippen molar-refractivity contribution in [2.45, 2.75) is 6.92 Å². The molecule has 2 aromatic rings. The lowest BCUT2D eigenvalue weighted by Crippen LogP contribution is -1.90. The molecule has 2 heteroatoms. The van der Waals surface area contributed by atoms with Gasteiger partial charge in [-0.15, -0.1) is 0 Å². The third kappa shape index (κ3) is 3.84. The van der Waals surface area contributed by atoms with Gasteiger partial charge in [0.05, 0.1) is 0 Å². The van der Waals surface area contributed by atoms with Gasteiger partial charge < -0.3 is 0 Å². The molecule has 0 fully saturated rings. The van der Waals surface area contributed by atoms with E-state index in [0.717, 1.165) is 11.1 Å². The van der Waals surface area contributed by atoms with E-state index in [2.05, 4.69) is 28.7 Å². The van der Waals surface area contributed by atoms with E-state index in [4.69, 9.17) is 0 Å². The van der Waals surface area contributed by atoms with Crippen LogP contribution < -0.4 is 0 Å². The summed E-state index contributed by atoms with van der Waals surface area (Å²) in [5.41, 5.74) is 2.42. The molecule has 0 bridgehead atoms. The number of hydrogen-bond acceptors (Lipinski definition) is 2. The average molecular weight is 245 g/mol. The third-order valence-corrected chi connectivity index (χ3v) is 2.45. The Balaban J connectivity index is 2.09. The Morgan fingerprint density at radius 2 is 1.42 bits per heavy atom. The second-order valence-electron chi connectivity index (χ2n) is 3.87. The molecule has 0 atom stereocenters. The second kappa shape index (κ2) is 6.19. The van der Waals surface area contributed by atoms with Gasteiger partial charge in [-0.3, -0.25) is 9.78 Å². The highest BCUT2D eigenvalue weighted by molar-refractivity contribution is 5.94. The van der Waals surface area contributed by atoms with Gasteiger partial charge in [0.15, 0.2) is 5.78 Å². The number of aromatic nitrogens is 1. The van der Waals surface area contributed by atoms with Gasteiger partial charge in [0.25, 0.3) is 0 Å². The molecule has 0 N–H and O–H groups in total.